The first-order valence-corrected chi connectivity index (χ1v) is 8.79. The molecule has 0 spiro atoms. The molecule has 2 aromatic carbocycles. The number of aryl methyl sites for hydroxylation is 1. The fourth-order valence-corrected chi connectivity index (χ4v) is 2.76. The summed E-state index contributed by atoms with van der Waals surface area (Å²) in [7, 11) is 0. The molecule has 1 aliphatic rings. The van der Waals surface area contributed by atoms with Crippen LogP contribution in [0.1, 0.15) is 53.5 Å². The van der Waals surface area contributed by atoms with Crippen molar-refractivity contribution in [2.75, 3.05) is 5.32 Å². The van der Waals surface area contributed by atoms with Crippen molar-refractivity contribution in [1.82, 2.24) is 5.32 Å². The molecule has 0 aliphatic carbocycles. The number of hydrogen-bond acceptors (Lipinski definition) is 4. The van der Waals surface area contributed by atoms with Crippen LogP contribution in [0.15, 0.2) is 42.5 Å². The maximum absolute atomic E-state index is 12.4. The highest BCUT2D eigenvalue weighted by Gasteiger charge is 2.18. The topological polar surface area (TPSA) is 84.5 Å². The highest BCUT2D eigenvalue weighted by Crippen LogP contribution is 2.27. The fraction of sp³-hybridized carbons (Fsp3) is 0.286. The lowest BCUT2D eigenvalue weighted by atomic mass is 10.0. The van der Waals surface area contributed by atoms with Crippen LogP contribution in [0.4, 0.5) is 5.69 Å². The Bertz CT molecular complexity index is 895. The quantitative estimate of drug-likeness (QED) is 0.645. The minimum absolute atomic E-state index is 0.0113. The fourth-order valence-electron chi connectivity index (χ4n) is 2.76. The van der Waals surface area contributed by atoms with E-state index in [0.717, 1.165) is 11.3 Å². The number of rotatable bonds is 3. The van der Waals surface area contributed by atoms with Crippen molar-refractivity contribution in [3.8, 4) is 5.75 Å². The molecule has 2 amide bonds. The van der Waals surface area contributed by atoms with Crippen LogP contribution in [-0.2, 0) is 11.2 Å². The highest BCUT2D eigenvalue weighted by atomic mass is 16.5. The maximum atomic E-state index is 12.4. The molecule has 0 unspecified atom stereocenters. The molecule has 0 radical (unpaired) electrons. The van der Waals surface area contributed by atoms with Gasteiger partial charge in [0.1, 0.15) is 5.75 Å². The predicted molar refractivity (Wildman–Crippen MR) is 102 cm³/mol. The number of amides is 2. The minimum atomic E-state index is -0.502. The number of carbonyl (C=O) groups excluding carboxylic acids is 3. The van der Waals surface area contributed by atoms with Crippen molar-refractivity contribution < 1.29 is 19.1 Å². The number of anilines is 1. The van der Waals surface area contributed by atoms with Crippen LogP contribution in [0.2, 0.25) is 0 Å². The molecule has 0 aromatic heterocycles. The lowest BCUT2D eigenvalue weighted by Gasteiger charge is -2.20. The second kappa shape index (κ2) is 7.23. The summed E-state index contributed by atoms with van der Waals surface area (Å²) >= 11 is 0. The normalized spacial score (nSPS) is 13.4. The van der Waals surface area contributed by atoms with Gasteiger partial charge in [-0.05, 0) is 75.2 Å². The van der Waals surface area contributed by atoms with Gasteiger partial charge < -0.3 is 15.4 Å². The summed E-state index contributed by atoms with van der Waals surface area (Å²) in [4.78, 5) is 35.9. The summed E-state index contributed by atoms with van der Waals surface area (Å²) in [5.41, 5.74) is 2.19. The molecule has 6 nitrogen and oxygen atoms in total. The smallest absolute Gasteiger partial charge is 0.343 e. The van der Waals surface area contributed by atoms with E-state index in [9.17, 15) is 14.4 Å². The zero-order valence-electron chi connectivity index (χ0n) is 15.6. The predicted octanol–water partition coefficient (Wildman–Crippen LogP) is 3.32. The average molecular weight is 366 g/mol. The summed E-state index contributed by atoms with van der Waals surface area (Å²) in [5.74, 6) is -0.288. The van der Waals surface area contributed by atoms with Crippen LogP contribution < -0.4 is 15.4 Å². The van der Waals surface area contributed by atoms with Gasteiger partial charge in [0, 0.05) is 23.2 Å². The van der Waals surface area contributed by atoms with Gasteiger partial charge in [0.25, 0.3) is 5.91 Å². The van der Waals surface area contributed by atoms with Crippen LogP contribution in [-0.4, -0.2) is 23.3 Å². The lowest BCUT2D eigenvalue weighted by molar-refractivity contribution is -0.116. The number of nitrogens with one attached hydrogen (secondary N) is 2. The van der Waals surface area contributed by atoms with E-state index < -0.39 is 5.97 Å². The Labute approximate surface area is 157 Å². The molecule has 140 valence electrons. The van der Waals surface area contributed by atoms with E-state index in [1.54, 1.807) is 42.5 Å². The first kappa shape index (κ1) is 18.6. The van der Waals surface area contributed by atoms with Gasteiger partial charge in [0.2, 0.25) is 5.91 Å². The Morgan fingerprint density at radius 2 is 1.67 bits per heavy atom. The Morgan fingerprint density at radius 1 is 1.00 bits per heavy atom. The van der Waals surface area contributed by atoms with Crippen LogP contribution in [0.5, 0.6) is 5.75 Å². The van der Waals surface area contributed by atoms with Gasteiger partial charge in [-0.1, -0.05) is 0 Å². The second-order valence-corrected chi connectivity index (χ2v) is 7.54. The van der Waals surface area contributed by atoms with Crippen LogP contribution in [0.3, 0.4) is 0 Å². The first-order valence-electron chi connectivity index (χ1n) is 8.79. The number of esters is 1. The van der Waals surface area contributed by atoms with Gasteiger partial charge in [0.15, 0.2) is 0 Å². The van der Waals surface area contributed by atoms with E-state index in [2.05, 4.69) is 10.6 Å². The summed E-state index contributed by atoms with van der Waals surface area (Å²) in [6, 6.07) is 11.5. The number of benzene rings is 2. The van der Waals surface area contributed by atoms with Gasteiger partial charge in [0.05, 0.1) is 5.56 Å². The van der Waals surface area contributed by atoms with Gasteiger partial charge >= 0.3 is 5.97 Å². The monoisotopic (exact) mass is 366 g/mol. The van der Waals surface area contributed by atoms with Crippen molar-refractivity contribution in [3.63, 3.8) is 0 Å². The molecule has 0 atom stereocenters. The van der Waals surface area contributed by atoms with Crippen LogP contribution in [0.25, 0.3) is 0 Å². The summed E-state index contributed by atoms with van der Waals surface area (Å²) < 4.78 is 5.42. The molecule has 2 aromatic rings. The molecule has 0 saturated carbocycles. The summed E-state index contributed by atoms with van der Waals surface area (Å²) in [6.07, 6.45) is 1.03. The van der Waals surface area contributed by atoms with Gasteiger partial charge in [-0.3, -0.25) is 9.59 Å². The van der Waals surface area contributed by atoms with E-state index in [4.69, 9.17) is 4.74 Å². The van der Waals surface area contributed by atoms with Gasteiger partial charge in [-0.25, -0.2) is 4.79 Å². The van der Waals surface area contributed by atoms with Crippen molar-refractivity contribution in [1.29, 1.82) is 0 Å². The van der Waals surface area contributed by atoms with E-state index in [1.807, 2.05) is 20.8 Å². The molecule has 0 bridgehead atoms. The zero-order valence-corrected chi connectivity index (χ0v) is 15.6. The van der Waals surface area contributed by atoms with E-state index in [1.165, 1.54) is 0 Å². The van der Waals surface area contributed by atoms with Crippen molar-refractivity contribution in [2.45, 2.75) is 39.2 Å². The number of hydrogen-bond donors (Lipinski definition) is 2. The van der Waals surface area contributed by atoms with Crippen molar-refractivity contribution in [2.24, 2.45) is 0 Å². The molecule has 27 heavy (non-hydrogen) atoms. The Balaban J connectivity index is 1.68. The number of ether oxygens (including phenoxy) is 1. The number of carbonyl (C=O) groups is 3. The Morgan fingerprint density at radius 3 is 2.33 bits per heavy atom. The van der Waals surface area contributed by atoms with E-state index >= 15 is 0 Å². The molecule has 2 N–H and O–H groups in total. The molecule has 6 heteroatoms. The largest absolute Gasteiger partial charge is 0.423 e. The third-order valence-corrected chi connectivity index (χ3v) is 4.05. The zero-order chi connectivity index (χ0) is 19.6. The molecule has 1 aliphatic heterocycles. The van der Waals surface area contributed by atoms with Gasteiger partial charge in [-0.15, -0.1) is 0 Å². The van der Waals surface area contributed by atoms with Crippen LogP contribution >= 0.6 is 0 Å². The average Bonchev–Trinajstić information content (AvgIpc) is 2.60. The summed E-state index contributed by atoms with van der Waals surface area (Å²) in [6.45, 7) is 5.71. The third kappa shape index (κ3) is 4.73. The van der Waals surface area contributed by atoms with Crippen molar-refractivity contribution >= 4 is 23.5 Å². The molecule has 0 fully saturated rings. The first-order chi connectivity index (χ1) is 12.7. The Hall–Kier alpha value is -3.15. The Kier molecular flexibility index (Phi) is 4.99. The molecular formula is C21H22N2O4. The maximum Gasteiger partial charge on any atom is 0.343 e. The highest BCUT2D eigenvalue weighted by molar-refractivity contribution is 5.97. The molecule has 0 saturated heterocycles. The van der Waals surface area contributed by atoms with E-state index in [-0.39, 0.29) is 17.4 Å². The van der Waals surface area contributed by atoms with Crippen LogP contribution in [0, 0.1) is 0 Å². The molecular weight excluding hydrogens is 344 g/mol. The summed E-state index contributed by atoms with van der Waals surface area (Å²) in [5, 5.41) is 5.66. The third-order valence-electron chi connectivity index (χ3n) is 4.05. The molecule has 3 rings (SSSR count). The lowest BCUT2D eigenvalue weighted by Crippen LogP contribution is -2.40. The van der Waals surface area contributed by atoms with Gasteiger partial charge in [-0.2, -0.15) is 0 Å². The second-order valence-electron chi connectivity index (χ2n) is 7.54. The molecule has 1 heterocycles. The van der Waals surface area contributed by atoms with E-state index in [0.29, 0.717) is 29.7 Å². The minimum Gasteiger partial charge on any atom is -0.423 e. The standard InChI is InChI=1S/C21H22N2O4/c1-21(2,3)23-19(25)13-4-6-14(7-5-13)20(26)27-16-9-10-17-15(12-16)8-11-18(24)22-17/h4-7,9-10,12H,8,11H2,1-3H3,(H,22,24)(H,23,25). The number of fused-ring (bicyclic) bond motifs is 1. The van der Waals surface area contributed by atoms with Crippen molar-refractivity contribution in [3.05, 3.63) is 59.2 Å². The SMILES string of the molecule is CC(C)(C)NC(=O)c1ccc(C(=O)Oc2ccc3c(c2)CCC(=O)N3)cc1.